The fraction of sp³-hybridized carbons (Fsp3) is 0.333. The number of hydrogen-bond acceptors (Lipinski definition) is 2. The van der Waals surface area contributed by atoms with E-state index in [0.717, 1.165) is 11.6 Å². The summed E-state index contributed by atoms with van der Waals surface area (Å²) in [6.07, 6.45) is 1.01. The van der Waals surface area contributed by atoms with Crippen LogP contribution in [-0.2, 0) is 10.2 Å². The van der Waals surface area contributed by atoms with E-state index in [-0.39, 0.29) is 0 Å². The van der Waals surface area contributed by atoms with Gasteiger partial charge in [0.15, 0.2) is 0 Å². The molecule has 2 nitrogen and oxygen atoms in total. The minimum atomic E-state index is -4.36. The summed E-state index contributed by atoms with van der Waals surface area (Å²) in [7, 11) is -4.36. The molecule has 0 saturated heterocycles. The molecule has 0 bridgehead atoms. The van der Waals surface area contributed by atoms with Crippen LogP contribution < -0.4 is 0 Å². The molecular weight excluding hydrogens is 155 g/mol. The summed E-state index contributed by atoms with van der Waals surface area (Å²) in [6, 6.07) is 0. The third kappa shape index (κ3) is 5.91. The molecule has 8 heavy (non-hydrogen) atoms. The van der Waals surface area contributed by atoms with Crippen molar-refractivity contribution < 1.29 is 12.3 Å². The fourth-order valence-electron chi connectivity index (χ4n) is 0.151. The maximum Gasteiger partial charge on any atom is 0.306 e. The molecule has 0 radical (unpaired) electrons. The normalized spacial score (nSPS) is 12.8. The zero-order chi connectivity index (χ0) is 6.62. The Kier molecular flexibility index (Phi) is 3.01. The summed E-state index contributed by atoms with van der Waals surface area (Å²) in [4.78, 5) is 0. The molecule has 0 aliphatic heterocycles. The maximum absolute atomic E-state index is 11.4. The van der Waals surface area contributed by atoms with Gasteiger partial charge in [0.05, 0.1) is 5.75 Å². The van der Waals surface area contributed by atoms with Crippen molar-refractivity contribution in [2.24, 2.45) is 0 Å². The van der Waals surface area contributed by atoms with Gasteiger partial charge in [0.1, 0.15) is 0 Å². The van der Waals surface area contributed by atoms with E-state index >= 15 is 0 Å². The highest BCUT2D eigenvalue weighted by Crippen LogP contribution is 1.91. The molecule has 0 unspecified atom stereocenters. The Bertz CT molecular complexity index is 172. The largest absolute Gasteiger partial charge is 0.306 e. The molecule has 0 fully saturated rings. The molecule has 0 aliphatic carbocycles. The Hall–Kier alpha value is -0.0900. The van der Waals surface area contributed by atoms with E-state index in [1.165, 1.54) is 0 Å². The van der Waals surface area contributed by atoms with E-state index in [4.69, 9.17) is 11.6 Å². The van der Waals surface area contributed by atoms with Crippen LogP contribution in [0.2, 0.25) is 0 Å². The summed E-state index contributed by atoms with van der Waals surface area (Å²) in [6.45, 7) is 0. The van der Waals surface area contributed by atoms with E-state index in [9.17, 15) is 12.3 Å². The monoisotopic (exact) mass is 158 g/mol. The lowest BCUT2D eigenvalue weighted by molar-refractivity contribution is 0.555. The highest BCUT2D eigenvalue weighted by molar-refractivity contribution is 7.86. The van der Waals surface area contributed by atoms with Gasteiger partial charge in [-0.2, -0.15) is 8.42 Å². The first-order chi connectivity index (χ1) is 3.56. The predicted molar refractivity (Wildman–Crippen MR) is 29.9 cm³/mol. The summed E-state index contributed by atoms with van der Waals surface area (Å²) in [5.74, 6) is -0.642. The van der Waals surface area contributed by atoms with Gasteiger partial charge < -0.3 is 0 Å². The van der Waals surface area contributed by atoms with Crippen molar-refractivity contribution in [2.75, 3.05) is 5.75 Å². The SMILES string of the molecule is O=S(=O)(F)CC=CCl. The van der Waals surface area contributed by atoms with Crippen LogP contribution in [0.4, 0.5) is 3.89 Å². The fourth-order valence-corrected chi connectivity index (χ4v) is 0.672. The van der Waals surface area contributed by atoms with Crippen LogP contribution in [0.15, 0.2) is 11.6 Å². The van der Waals surface area contributed by atoms with Crippen molar-refractivity contribution >= 4 is 21.8 Å². The molecule has 0 saturated carbocycles. The first-order valence-corrected chi connectivity index (χ1v) is 3.73. The number of halogens is 2. The smallest absolute Gasteiger partial charge is 0.195 e. The van der Waals surface area contributed by atoms with Crippen molar-refractivity contribution in [1.82, 2.24) is 0 Å². The Morgan fingerprint density at radius 2 is 2.12 bits per heavy atom. The van der Waals surface area contributed by atoms with E-state index in [2.05, 4.69) is 0 Å². The van der Waals surface area contributed by atoms with Gasteiger partial charge in [0.25, 0.3) is 0 Å². The van der Waals surface area contributed by atoms with Gasteiger partial charge in [-0.3, -0.25) is 0 Å². The quantitative estimate of drug-likeness (QED) is 0.563. The zero-order valence-electron chi connectivity index (χ0n) is 3.84. The molecule has 0 N–H and O–H groups in total. The predicted octanol–water partition coefficient (Wildman–Crippen LogP) is 1.04. The zero-order valence-corrected chi connectivity index (χ0v) is 5.41. The lowest BCUT2D eigenvalue weighted by Gasteiger charge is -1.79. The van der Waals surface area contributed by atoms with E-state index in [0.29, 0.717) is 0 Å². The lowest BCUT2D eigenvalue weighted by Crippen LogP contribution is -1.92. The lowest BCUT2D eigenvalue weighted by atomic mass is 10.8. The van der Waals surface area contributed by atoms with Gasteiger partial charge in [-0.15, -0.1) is 3.89 Å². The second-order valence-electron chi connectivity index (χ2n) is 1.07. The highest BCUT2D eigenvalue weighted by Gasteiger charge is 2.00. The molecule has 0 aliphatic rings. The standard InChI is InChI=1S/C3H4ClFO2S/c4-2-1-3-8(5,6)7/h1-2H,3H2. The molecule has 48 valence electrons. The van der Waals surface area contributed by atoms with Crippen LogP contribution in [0.5, 0.6) is 0 Å². The Labute approximate surface area is 52.2 Å². The molecule has 0 aromatic carbocycles. The van der Waals surface area contributed by atoms with Crippen LogP contribution in [0, 0.1) is 0 Å². The molecule has 0 rings (SSSR count). The minimum Gasteiger partial charge on any atom is -0.195 e. The van der Waals surface area contributed by atoms with Crippen molar-refractivity contribution in [3.8, 4) is 0 Å². The van der Waals surface area contributed by atoms with Crippen molar-refractivity contribution in [2.45, 2.75) is 0 Å². The Balaban J connectivity index is 3.76. The average molecular weight is 159 g/mol. The summed E-state index contributed by atoms with van der Waals surface area (Å²) in [5.41, 5.74) is 0.955. The minimum absolute atomic E-state index is 0.642. The van der Waals surface area contributed by atoms with E-state index in [1.54, 1.807) is 0 Å². The van der Waals surface area contributed by atoms with Crippen LogP contribution in [-0.4, -0.2) is 14.2 Å². The molecular formula is C3H4ClFO2S. The molecule has 0 amide bonds. The van der Waals surface area contributed by atoms with Crippen LogP contribution in [0.3, 0.4) is 0 Å². The van der Waals surface area contributed by atoms with Gasteiger partial charge in [-0.25, -0.2) is 0 Å². The van der Waals surface area contributed by atoms with Gasteiger partial charge in [-0.1, -0.05) is 17.7 Å². The van der Waals surface area contributed by atoms with E-state index in [1.807, 2.05) is 0 Å². The number of rotatable bonds is 2. The molecule has 0 aromatic heterocycles. The van der Waals surface area contributed by atoms with Crippen molar-refractivity contribution in [3.63, 3.8) is 0 Å². The molecule has 0 atom stereocenters. The van der Waals surface area contributed by atoms with Gasteiger partial charge >= 0.3 is 10.2 Å². The average Bonchev–Trinajstić information content (AvgIpc) is 1.59. The van der Waals surface area contributed by atoms with Gasteiger partial charge in [-0.05, 0) is 0 Å². The maximum atomic E-state index is 11.4. The molecule has 0 spiro atoms. The first kappa shape index (κ1) is 7.91. The summed E-state index contributed by atoms with van der Waals surface area (Å²) >= 11 is 4.90. The Morgan fingerprint density at radius 3 is 2.25 bits per heavy atom. The second-order valence-corrected chi connectivity index (χ2v) is 2.73. The molecule has 0 aromatic rings. The van der Waals surface area contributed by atoms with Gasteiger partial charge in [0.2, 0.25) is 0 Å². The van der Waals surface area contributed by atoms with Gasteiger partial charge in [0, 0.05) is 5.54 Å². The second kappa shape index (κ2) is 3.04. The summed E-state index contributed by atoms with van der Waals surface area (Å²) in [5, 5.41) is 0. The van der Waals surface area contributed by atoms with Crippen LogP contribution in [0.25, 0.3) is 0 Å². The summed E-state index contributed by atoms with van der Waals surface area (Å²) < 4.78 is 30.7. The molecule has 5 heteroatoms. The van der Waals surface area contributed by atoms with Crippen molar-refractivity contribution in [3.05, 3.63) is 11.6 Å². The number of hydrogen-bond donors (Lipinski definition) is 0. The van der Waals surface area contributed by atoms with E-state index < -0.39 is 16.0 Å². The molecule has 0 heterocycles. The van der Waals surface area contributed by atoms with Crippen LogP contribution >= 0.6 is 11.6 Å². The van der Waals surface area contributed by atoms with Crippen LogP contribution in [0.1, 0.15) is 0 Å². The Morgan fingerprint density at radius 1 is 1.62 bits per heavy atom. The third-order valence-corrected chi connectivity index (χ3v) is 1.15. The first-order valence-electron chi connectivity index (χ1n) is 1.74. The topological polar surface area (TPSA) is 34.1 Å². The van der Waals surface area contributed by atoms with Crippen molar-refractivity contribution in [1.29, 1.82) is 0 Å². The third-order valence-electron chi connectivity index (χ3n) is 0.384. The highest BCUT2D eigenvalue weighted by atomic mass is 35.5.